The summed E-state index contributed by atoms with van der Waals surface area (Å²) >= 11 is 0. The summed E-state index contributed by atoms with van der Waals surface area (Å²) in [5.41, 5.74) is 7.41. The van der Waals surface area contributed by atoms with Gasteiger partial charge in [-0.15, -0.1) is 0 Å². The minimum Gasteiger partial charge on any atom is -0.375 e. The molecular formula is C17H19NO2. The van der Waals surface area contributed by atoms with Crippen LogP contribution < -0.4 is 5.73 Å². The van der Waals surface area contributed by atoms with Crippen LogP contribution in [0.15, 0.2) is 60.7 Å². The topological polar surface area (TPSA) is 44.5 Å². The Morgan fingerprint density at radius 2 is 1.50 bits per heavy atom. The van der Waals surface area contributed by atoms with Crippen LogP contribution in [0.25, 0.3) is 0 Å². The average Bonchev–Trinajstić information content (AvgIpc) is 2.56. The van der Waals surface area contributed by atoms with Gasteiger partial charge in [-0.05, 0) is 11.1 Å². The summed E-state index contributed by atoms with van der Waals surface area (Å²) in [6.07, 6.45) is -0.0795. The third kappa shape index (κ3) is 2.36. The molecule has 0 bridgehead atoms. The lowest BCUT2D eigenvalue weighted by Crippen LogP contribution is -2.48. The van der Waals surface area contributed by atoms with E-state index >= 15 is 0 Å². The first-order valence-corrected chi connectivity index (χ1v) is 6.92. The number of ether oxygens (including phenoxy) is 2. The molecule has 1 aliphatic heterocycles. The van der Waals surface area contributed by atoms with Gasteiger partial charge in [0.2, 0.25) is 0 Å². The summed E-state index contributed by atoms with van der Waals surface area (Å²) in [6.45, 7) is 1.52. The predicted molar refractivity (Wildman–Crippen MR) is 78.4 cm³/mol. The van der Waals surface area contributed by atoms with Gasteiger partial charge in [0.15, 0.2) is 0 Å². The van der Waals surface area contributed by atoms with Crippen molar-refractivity contribution in [3.8, 4) is 0 Å². The lowest BCUT2D eigenvalue weighted by Gasteiger charge is -2.41. The highest BCUT2D eigenvalue weighted by Gasteiger charge is 2.41. The fourth-order valence-corrected chi connectivity index (χ4v) is 2.69. The van der Waals surface area contributed by atoms with E-state index in [0.717, 1.165) is 11.1 Å². The molecular weight excluding hydrogens is 250 g/mol. The fourth-order valence-electron chi connectivity index (χ4n) is 2.69. The van der Waals surface area contributed by atoms with Gasteiger partial charge in [-0.2, -0.15) is 0 Å². The Bertz CT molecular complexity index is 502. The maximum Gasteiger partial charge on any atom is 0.142 e. The van der Waals surface area contributed by atoms with Gasteiger partial charge in [0, 0.05) is 6.54 Å². The highest BCUT2D eigenvalue weighted by molar-refractivity contribution is 5.37. The lowest BCUT2D eigenvalue weighted by atomic mass is 9.86. The SMILES string of the molecule is NC[C@@H]1COCC(c2ccccc2)(c2ccccc2)O1. The Kier molecular flexibility index (Phi) is 3.83. The molecule has 3 nitrogen and oxygen atoms in total. The van der Waals surface area contributed by atoms with Gasteiger partial charge in [0.25, 0.3) is 0 Å². The van der Waals surface area contributed by atoms with E-state index in [9.17, 15) is 0 Å². The van der Waals surface area contributed by atoms with Crippen LogP contribution in [0.5, 0.6) is 0 Å². The van der Waals surface area contributed by atoms with Gasteiger partial charge >= 0.3 is 0 Å². The van der Waals surface area contributed by atoms with Crippen molar-refractivity contribution in [3.63, 3.8) is 0 Å². The molecule has 3 heteroatoms. The third-order valence-electron chi connectivity index (χ3n) is 3.72. The Hall–Kier alpha value is -1.68. The van der Waals surface area contributed by atoms with Crippen molar-refractivity contribution in [3.05, 3.63) is 71.8 Å². The summed E-state index contributed by atoms with van der Waals surface area (Å²) < 4.78 is 12.1. The molecule has 1 heterocycles. The highest BCUT2D eigenvalue weighted by atomic mass is 16.6. The first-order valence-electron chi connectivity index (χ1n) is 6.92. The van der Waals surface area contributed by atoms with Crippen molar-refractivity contribution in [1.29, 1.82) is 0 Å². The van der Waals surface area contributed by atoms with Gasteiger partial charge < -0.3 is 15.2 Å². The van der Waals surface area contributed by atoms with E-state index < -0.39 is 5.60 Å². The van der Waals surface area contributed by atoms with Crippen LogP contribution in [-0.2, 0) is 15.1 Å². The third-order valence-corrected chi connectivity index (χ3v) is 3.72. The molecule has 20 heavy (non-hydrogen) atoms. The average molecular weight is 269 g/mol. The van der Waals surface area contributed by atoms with Crippen LogP contribution in [0.2, 0.25) is 0 Å². The Balaban J connectivity index is 2.08. The molecule has 0 aliphatic carbocycles. The maximum absolute atomic E-state index is 6.35. The predicted octanol–water partition coefficient (Wildman–Crippen LogP) is 2.30. The summed E-state index contributed by atoms with van der Waals surface area (Å²) in [5.74, 6) is 0. The molecule has 0 aromatic heterocycles. The molecule has 0 spiro atoms. The molecule has 0 radical (unpaired) electrons. The minimum absolute atomic E-state index is 0.0795. The van der Waals surface area contributed by atoms with Crippen molar-refractivity contribution in [2.45, 2.75) is 11.7 Å². The molecule has 0 unspecified atom stereocenters. The van der Waals surface area contributed by atoms with E-state index in [1.807, 2.05) is 36.4 Å². The number of rotatable bonds is 3. The maximum atomic E-state index is 6.35. The van der Waals surface area contributed by atoms with Gasteiger partial charge in [-0.1, -0.05) is 60.7 Å². The van der Waals surface area contributed by atoms with Crippen molar-refractivity contribution in [2.24, 2.45) is 5.73 Å². The molecule has 104 valence electrons. The van der Waals surface area contributed by atoms with Crippen molar-refractivity contribution in [1.82, 2.24) is 0 Å². The van der Waals surface area contributed by atoms with Crippen LogP contribution in [-0.4, -0.2) is 25.9 Å². The smallest absolute Gasteiger partial charge is 0.142 e. The van der Waals surface area contributed by atoms with E-state index in [1.165, 1.54) is 0 Å². The number of hydrogen-bond acceptors (Lipinski definition) is 3. The van der Waals surface area contributed by atoms with E-state index in [4.69, 9.17) is 15.2 Å². The highest BCUT2D eigenvalue weighted by Crippen LogP contribution is 2.37. The van der Waals surface area contributed by atoms with Crippen molar-refractivity contribution < 1.29 is 9.47 Å². The van der Waals surface area contributed by atoms with Crippen LogP contribution in [0.1, 0.15) is 11.1 Å². The zero-order valence-corrected chi connectivity index (χ0v) is 11.4. The van der Waals surface area contributed by atoms with Gasteiger partial charge in [0.1, 0.15) is 5.60 Å². The molecule has 0 saturated carbocycles. The minimum atomic E-state index is -0.565. The zero-order valence-electron chi connectivity index (χ0n) is 11.4. The number of hydrogen-bond donors (Lipinski definition) is 1. The van der Waals surface area contributed by atoms with Crippen LogP contribution in [0.4, 0.5) is 0 Å². The van der Waals surface area contributed by atoms with Gasteiger partial charge in [-0.3, -0.25) is 0 Å². The summed E-state index contributed by atoms with van der Waals surface area (Å²) in [4.78, 5) is 0. The normalized spacial score (nSPS) is 21.6. The van der Waals surface area contributed by atoms with E-state index in [0.29, 0.717) is 19.8 Å². The lowest BCUT2D eigenvalue weighted by molar-refractivity contribution is -0.181. The monoisotopic (exact) mass is 269 g/mol. The number of nitrogens with two attached hydrogens (primary N) is 1. The van der Waals surface area contributed by atoms with Gasteiger partial charge in [0.05, 0.1) is 19.3 Å². The molecule has 2 N–H and O–H groups in total. The van der Waals surface area contributed by atoms with Crippen molar-refractivity contribution >= 4 is 0 Å². The second-order valence-corrected chi connectivity index (χ2v) is 5.05. The summed E-state index contributed by atoms with van der Waals surface area (Å²) in [7, 11) is 0. The summed E-state index contributed by atoms with van der Waals surface area (Å²) in [5, 5.41) is 0. The molecule has 0 amide bonds. The Labute approximate surface area is 119 Å². The summed E-state index contributed by atoms with van der Waals surface area (Å²) in [6, 6.07) is 20.4. The zero-order chi connectivity index (χ0) is 13.8. The Morgan fingerprint density at radius 1 is 0.950 bits per heavy atom. The standard InChI is InChI=1S/C17H19NO2/c18-11-16-12-19-13-17(20-16,14-7-3-1-4-8-14)15-9-5-2-6-10-15/h1-10,16H,11-13,18H2/t16-/m1/s1. The van der Waals surface area contributed by atoms with E-state index in [1.54, 1.807) is 0 Å². The first-order chi connectivity index (χ1) is 9.85. The van der Waals surface area contributed by atoms with Gasteiger partial charge in [-0.25, -0.2) is 0 Å². The van der Waals surface area contributed by atoms with Crippen LogP contribution in [0, 0.1) is 0 Å². The van der Waals surface area contributed by atoms with Crippen molar-refractivity contribution in [2.75, 3.05) is 19.8 Å². The molecule has 1 saturated heterocycles. The molecule has 2 aromatic carbocycles. The quantitative estimate of drug-likeness (QED) is 0.930. The van der Waals surface area contributed by atoms with E-state index in [2.05, 4.69) is 24.3 Å². The molecule has 3 rings (SSSR count). The Morgan fingerprint density at radius 3 is 2.00 bits per heavy atom. The molecule has 1 atom stereocenters. The second kappa shape index (κ2) is 5.75. The van der Waals surface area contributed by atoms with Crippen LogP contribution in [0.3, 0.4) is 0 Å². The fraction of sp³-hybridized carbons (Fsp3) is 0.294. The van der Waals surface area contributed by atoms with Crippen LogP contribution >= 0.6 is 0 Å². The molecule has 1 fully saturated rings. The molecule has 2 aromatic rings. The van der Waals surface area contributed by atoms with E-state index in [-0.39, 0.29) is 6.10 Å². The first kappa shape index (κ1) is 13.3. The largest absolute Gasteiger partial charge is 0.375 e. The number of benzene rings is 2. The second-order valence-electron chi connectivity index (χ2n) is 5.05. The molecule has 1 aliphatic rings.